The SMILES string of the molecule is CC#CCCC(NCCC)c1cccc(Br)c1F. The van der Waals surface area contributed by atoms with Gasteiger partial charge in [-0.15, -0.1) is 11.8 Å². The number of rotatable bonds is 6. The number of benzene rings is 1. The van der Waals surface area contributed by atoms with E-state index in [0.717, 1.165) is 31.4 Å². The van der Waals surface area contributed by atoms with Crippen LogP contribution < -0.4 is 5.32 Å². The summed E-state index contributed by atoms with van der Waals surface area (Å²) in [6.45, 7) is 4.82. The van der Waals surface area contributed by atoms with Crippen LogP contribution in [0.25, 0.3) is 0 Å². The second-order valence-corrected chi connectivity index (χ2v) is 4.97. The van der Waals surface area contributed by atoms with E-state index in [4.69, 9.17) is 0 Å². The Labute approximate surface area is 117 Å². The minimum atomic E-state index is -0.171. The molecule has 1 atom stereocenters. The highest BCUT2D eigenvalue weighted by Crippen LogP contribution is 2.26. The van der Waals surface area contributed by atoms with E-state index >= 15 is 0 Å². The first kappa shape index (κ1) is 15.2. The third-order valence-corrected chi connectivity index (χ3v) is 3.34. The summed E-state index contributed by atoms with van der Waals surface area (Å²) in [7, 11) is 0. The summed E-state index contributed by atoms with van der Waals surface area (Å²) in [5.74, 6) is 5.74. The molecule has 18 heavy (non-hydrogen) atoms. The highest BCUT2D eigenvalue weighted by atomic mass is 79.9. The summed E-state index contributed by atoms with van der Waals surface area (Å²) < 4.78 is 14.6. The first-order valence-electron chi connectivity index (χ1n) is 6.27. The average Bonchev–Trinajstić information content (AvgIpc) is 2.37. The minimum absolute atomic E-state index is 0.0308. The molecule has 1 unspecified atom stereocenters. The van der Waals surface area contributed by atoms with Gasteiger partial charge in [-0.2, -0.15) is 0 Å². The summed E-state index contributed by atoms with van der Waals surface area (Å²) in [6, 6.07) is 5.46. The molecule has 0 aliphatic carbocycles. The van der Waals surface area contributed by atoms with Crippen LogP contribution in [0.1, 0.15) is 44.7 Å². The van der Waals surface area contributed by atoms with E-state index in [1.807, 2.05) is 19.1 Å². The van der Waals surface area contributed by atoms with Gasteiger partial charge in [0.05, 0.1) is 4.47 Å². The van der Waals surface area contributed by atoms with Crippen molar-refractivity contribution in [3.63, 3.8) is 0 Å². The molecule has 0 radical (unpaired) electrons. The molecule has 1 N–H and O–H groups in total. The van der Waals surface area contributed by atoms with Gasteiger partial charge in [0, 0.05) is 18.0 Å². The maximum absolute atomic E-state index is 14.1. The topological polar surface area (TPSA) is 12.0 Å². The van der Waals surface area contributed by atoms with Crippen molar-refractivity contribution >= 4 is 15.9 Å². The molecule has 0 saturated heterocycles. The summed E-state index contributed by atoms with van der Waals surface area (Å²) >= 11 is 3.23. The molecule has 0 spiro atoms. The highest BCUT2D eigenvalue weighted by molar-refractivity contribution is 9.10. The molecule has 1 nitrogen and oxygen atoms in total. The fourth-order valence-corrected chi connectivity index (χ4v) is 2.20. The molecule has 1 rings (SSSR count). The smallest absolute Gasteiger partial charge is 0.142 e. The summed E-state index contributed by atoms with van der Waals surface area (Å²) in [5.41, 5.74) is 0.718. The summed E-state index contributed by atoms with van der Waals surface area (Å²) in [4.78, 5) is 0. The van der Waals surface area contributed by atoms with E-state index < -0.39 is 0 Å². The minimum Gasteiger partial charge on any atom is -0.310 e. The Kier molecular flexibility index (Phi) is 7.00. The van der Waals surface area contributed by atoms with Crippen LogP contribution in [0.5, 0.6) is 0 Å². The summed E-state index contributed by atoms with van der Waals surface area (Å²) in [6.07, 6.45) is 2.64. The molecule has 0 aromatic heterocycles. The van der Waals surface area contributed by atoms with E-state index in [0.29, 0.717) is 4.47 Å². The van der Waals surface area contributed by atoms with Crippen molar-refractivity contribution in [2.75, 3.05) is 6.54 Å². The number of nitrogens with one attached hydrogen (secondary N) is 1. The van der Waals surface area contributed by atoms with Crippen molar-refractivity contribution in [1.82, 2.24) is 5.32 Å². The van der Waals surface area contributed by atoms with Crippen molar-refractivity contribution in [3.05, 3.63) is 34.1 Å². The molecule has 3 heteroatoms. The average molecular weight is 312 g/mol. The van der Waals surface area contributed by atoms with E-state index in [9.17, 15) is 4.39 Å². The normalized spacial score (nSPS) is 11.8. The zero-order valence-electron chi connectivity index (χ0n) is 10.9. The van der Waals surface area contributed by atoms with Gasteiger partial charge in [0.1, 0.15) is 5.82 Å². The highest BCUT2D eigenvalue weighted by Gasteiger charge is 2.15. The zero-order valence-corrected chi connectivity index (χ0v) is 12.5. The van der Waals surface area contributed by atoms with Crippen molar-refractivity contribution in [1.29, 1.82) is 0 Å². The Hall–Kier alpha value is -0.850. The Morgan fingerprint density at radius 2 is 2.22 bits per heavy atom. The molecule has 0 bridgehead atoms. The number of halogens is 2. The maximum Gasteiger partial charge on any atom is 0.142 e. The monoisotopic (exact) mass is 311 g/mol. The third kappa shape index (κ3) is 4.44. The van der Waals surface area contributed by atoms with Crippen LogP contribution in [0, 0.1) is 17.7 Å². The predicted molar refractivity (Wildman–Crippen MR) is 77.8 cm³/mol. The van der Waals surface area contributed by atoms with Crippen LogP contribution in [0.3, 0.4) is 0 Å². The Morgan fingerprint density at radius 3 is 2.89 bits per heavy atom. The molecule has 0 heterocycles. The van der Waals surface area contributed by atoms with E-state index in [1.165, 1.54) is 0 Å². The van der Waals surface area contributed by atoms with Gasteiger partial charge < -0.3 is 5.32 Å². The Bertz CT molecular complexity index is 434. The standard InChI is InChI=1S/C15H19BrFN/c1-3-5-6-10-14(18-11-4-2)12-8-7-9-13(16)15(12)17/h7-9,14,18H,4,6,10-11H2,1-2H3. The van der Waals surface area contributed by atoms with Crippen molar-refractivity contribution in [2.24, 2.45) is 0 Å². The maximum atomic E-state index is 14.1. The van der Waals surface area contributed by atoms with Gasteiger partial charge >= 0.3 is 0 Å². The first-order chi connectivity index (χ1) is 8.70. The van der Waals surface area contributed by atoms with Gasteiger partial charge in [-0.25, -0.2) is 4.39 Å². The zero-order chi connectivity index (χ0) is 13.4. The molecule has 0 amide bonds. The van der Waals surface area contributed by atoms with Crippen LogP contribution in [-0.2, 0) is 0 Å². The molecule has 0 fully saturated rings. The fourth-order valence-electron chi connectivity index (χ4n) is 1.82. The molecular formula is C15H19BrFN. The molecule has 1 aromatic carbocycles. The lowest BCUT2D eigenvalue weighted by molar-refractivity contribution is 0.477. The third-order valence-electron chi connectivity index (χ3n) is 2.73. The van der Waals surface area contributed by atoms with Gasteiger partial charge in [0.15, 0.2) is 0 Å². The van der Waals surface area contributed by atoms with E-state index in [2.05, 4.69) is 40.0 Å². The van der Waals surface area contributed by atoms with Crippen LogP contribution >= 0.6 is 15.9 Å². The predicted octanol–water partition coefficient (Wildman–Crippen LogP) is 4.43. The van der Waals surface area contributed by atoms with Crippen LogP contribution in [0.4, 0.5) is 4.39 Å². The van der Waals surface area contributed by atoms with Crippen molar-refractivity contribution < 1.29 is 4.39 Å². The largest absolute Gasteiger partial charge is 0.310 e. The Balaban J connectivity index is 2.85. The van der Waals surface area contributed by atoms with Gasteiger partial charge in [-0.1, -0.05) is 19.1 Å². The molecule has 0 aliphatic rings. The van der Waals surface area contributed by atoms with Crippen LogP contribution in [-0.4, -0.2) is 6.54 Å². The summed E-state index contributed by atoms with van der Waals surface area (Å²) in [5, 5.41) is 3.38. The van der Waals surface area contributed by atoms with E-state index in [-0.39, 0.29) is 11.9 Å². The fraction of sp³-hybridized carbons (Fsp3) is 0.467. The quantitative estimate of drug-likeness (QED) is 0.766. The molecule has 98 valence electrons. The van der Waals surface area contributed by atoms with E-state index in [1.54, 1.807) is 6.07 Å². The molecule has 0 aliphatic heterocycles. The van der Waals surface area contributed by atoms with Gasteiger partial charge in [0.2, 0.25) is 0 Å². The van der Waals surface area contributed by atoms with Crippen LogP contribution in [0.15, 0.2) is 22.7 Å². The number of hydrogen-bond donors (Lipinski definition) is 1. The number of hydrogen-bond acceptors (Lipinski definition) is 1. The lowest BCUT2D eigenvalue weighted by atomic mass is 10.0. The van der Waals surface area contributed by atoms with Gasteiger partial charge in [0.25, 0.3) is 0 Å². The van der Waals surface area contributed by atoms with Gasteiger partial charge in [-0.3, -0.25) is 0 Å². The van der Waals surface area contributed by atoms with Gasteiger partial charge in [-0.05, 0) is 48.3 Å². The Morgan fingerprint density at radius 1 is 1.44 bits per heavy atom. The second-order valence-electron chi connectivity index (χ2n) is 4.12. The lowest BCUT2D eigenvalue weighted by Gasteiger charge is -2.19. The van der Waals surface area contributed by atoms with Crippen LogP contribution in [0.2, 0.25) is 0 Å². The van der Waals surface area contributed by atoms with Crippen molar-refractivity contribution in [2.45, 2.75) is 39.2 Å². The van der Waals surface area contributed by atoms with Crippen molar-refractivity contribution in [3.8, 4) is 11.8 Å². The molecular weight excluding hydrogens is 293 g/mol. The second kappa shape index (κ2) is 8.29. The molecule has 1 aromatic rings. The molecule has 0 saturated carbocycles. The first-order valence-corrected chi connectivity index (χ1v) is 7.06. The lowest BCUT2D eigenvalue weighted by Crippen LogP contribution is -2.23.